The van der Waals surface area contributed by atoms with Crippen LogP contribution >= 0.6 is 0 Å². The number of fused-ring (bicyclic) bond motifs is 1. The van der Waals surface area contributed by atoms with Crippen molar-refractivity contribution in [2.75, 3.05) is 24.3 Å². The van der Waals surface area contributed by atoms with Crippen molar-refractivity contribution in [1.82, 2.24) is 9.88 Å². The lowest BCUT2D eigenvalue weighted by molar-refractivity contribution is -0.138. The minimum Gasteiger partial charge on any atom is -0.479 e. The van der Waals surface area contributed by atoms with Gasteiger partial charge in [-0.25, -0.2) is 14.4 Å². The van der Waals surface area contributed by atoms with Gasteiger partial charge in [-0.3, -0.25) is 10.1 Å². The van der Waals surface area contributed by atoms with Crippen LogP contribution in [0.3, 0.4) is 0 Å². The molecule has 1 unspecified atom stereocenters. The van der Waals surface area contributed by atoms with Gasteiger partial charge in [0.05, 0.1) is 0 Å². The molecule has 0 aliphatic carbocycles. The summed E-state index contributed by atoms with van der Waals surface area (Å²) < 4.78 is 11.0. The SMILES string of the molecule is CC[C@@H](COC(=O)Nc1ccc(C)c(CN(C)C(=O)OC(C)(C)C)c1)c1ccc(C(Nc2ccc3cc[nH]c(=O)c3c2)C(=O)O)cc1. The number of carbonyl (C=O) groups is 3. The Hall–Kier alpha value is -5.32. The second kappa shape index (κ2) is 14.8. The van der Waals surface area contributed by atoms with Crippen molar-refractivity contribution in [3.05, 3.63) is 106 Å². The Bertz CT molecular complexity index is 1790. The molecule has 0 fully saturated rings. The first-order chi connectivity index (χ1) is 22.2. The zero-order valence-corrected chi connectivity index (χ0v) is 27.5. The van der Waals surface area contributed by atoms with E-state index in [9.17, 15) is 24.3 Å². The molecule has 0 aliphatic rings. The minimum absolute atomic E-state index is 0.116. The number of hydrogen-bond acceptors (Lipinski definition) is 7. The molecule has 0 bridgehead atoms. The van der Waals surface area contributed by atoms with E-state index < -0.39 is 29.8 Å². The quantitative estimate of drug-likeness (QED) is 0.134. The number of carboxylic acids is 1. The number of aliphatic carboxylic acids is 1. The molecular formula is C36H42N4O7. The number of amides is 2. The van der Waals surface area contributed by atoms with Gasteiger partial charge in [0.15, 0.2) is 6.04 Å². The van der Waals surface area contributed by atoms with Gasteiger partial charge in [-0.15, -0.1) is 0 Å². The van der Waals surface area contributed by atoms with Gasteiger partial charge in [-0.2, -0.15) is 0 Å². The van der Waals surface area contributed by atoms with Crippen LogP contribution in [-0.4, -0.2) is 52.4 Å². The van der Waals surface area contributed by atoms with Gasteiger partial charge >= 0.3 is 18.2 Å². The fraction of sp³-hybridized carbons (Fsp3) is 0.333. The van der Waals surface area contributed by atoms with E-state index in [1.165, 1.54) is 4.90 Å². The van der Waals surface area contributed by atoms with E-state index in [2.05, 4.69) is 15.6 Å². The lowest BCUT2D eigenvalue weighted by atomic mass is 9.95. The van der Waals surface area contributed by atoms with Crippen molar-refractivity contribution in [3.8, 4) is 0 Å². The largest absolute Gasteiger partial charge is 0.479 e. The Kier molecular flexibility index (Phi) is 10.9. The number of nitrogens with zero attached hydrogens (tertiary/aromatic N) is 1. The summed E-state index contributed by atoms with van der Waals surface area (Å²) in [7, 11) is 1.66. The predicted octanol–water partition coefficient (Wildman–Crippen LogP) is 7.18. The summed E-state index contributed by atoms with van der Waals surface area (Å²) in [5, 5.41) is 17.0. The zero-order chi connectivity index (χ0) is 34.3. The second-order valence-corrected chi connectivity index (χ2v) is 12.5. The number of hydrogen-bond donors (Lipinski definition) is 4. The van der Waals surface area contributed by atoms with E-state index in [4.69, 9.17) is 9.47 Å². The number of nitrogens with one attached hydrogen (secondary N) is 3. The van der Waals surface area contributed by atoms with Gasteiger partial charge in [-0.05, 0) is 92.1 Å². The second-order valence-electron chi connectivity index (χ2n) is 12.5. The Morgan fingerprint density at radius 1 is 0.957 bits per heavy atom. The van der Waals surface area contributed by atoms with Crippen LogP contribution < -0.4 is 16.2 Å². The van der Waals surface area contributed by atoms with Gasteiger partial charge in [-0.1, -0.05) is 43.3 Å². The normalized spacial score (nSPS) is 12.6. The minimum atomic E-state index is -1.07. The van der Waals surface area contributed by atoms with Crippen LogP contribution in [0.15, 0.2) is 77.7 Å². The highest BCUT2D eigenvalue weighted by Gasteiger charge is 2.22. The van der Waals surface area contributed by atoms with Crippen LogP contribution in [-0.2, 0) is 20.8 Å². The van der Waals surface area contributed by atoms with Crippen molar-refractivity contribution < 1.29 is 29.0 Å². The average molecular weight is 643 g/mol. The maximum atomic E-state index is 12.7. The Morgan fingerprint density at radius 3 is 2.30 bits per heavy atom. The van der Waals surface area contributed by atoms with Crippen LogP contribution in [0.5, 0.6) is 0 Å². The number of aromatic nitrogens is 1. The Balaban J connectivity index is 1.37. The van der Waals surface area contributed by atoms with E-state index in [0.717, 1.165) is 22.1 Å². The van der Waals surface area contributed by atoms with E-state index in [0.29, 0.717) is 35.3 Å². The predicted molar refractivity (Wildman–Crippen MR) is 182 cm³/mol. The molecule has 11 nitrogen and oxygen atoms in total. The summed E-state index contributed by atoms with van der Waals surface area (Å²) in [6, 6.07) is 18.4. The van der Waals surface area contributed by atoms with E-state index >= 15 is 0 Å². The molecule has 3 aromatic carbocycles. The molecule has 4 N–H and O–H groups in total. The van der Waals surface area contributed by atoms with E-state index in [1.54, 1.807) is 61.8 Å². The number of benzene rings is 3. The highest BCUT2D eigenvalue weighted by Crippen LogP contribution is 2.26. The maximum absolute atomic E-state index is 12.7. The van der Waals surface area contributed by atoms with Gasteiger partial charge in [0.1, 0.15) is 12.2 Å². The molecule has 0 radical (unpaired) electrons. The number of aryl methyl sites for hydroxylation is 1. The summed E-state index contributed by atoms with van der Waals surface area (Å²) in [6.07, 6.45) is 1.20. The summed E-state index contributed by atoms with van der Waals surface area (Å²) >= 11 is 0. The topological polar surface area (TPSA) is 150 Å². The fourth-order valence-electron chi connectivity index (χ4n) is 5.05. The van der Waals surface area contributed by atoms with E-state index in [-0.39, 0.29) is 18.1 Å². The molecule has 0 saturated heterocycles. The van der Waals surface area contributed by atoms with Crippen LogP contribution in [0.1, 0.15) is 68.3 Å². The molecular weight excluding hydrogens is 600 g/mol. The standard InChI is InChI=1S/C36H42N4O7/c1-7-23(21-46-34(44)39-28-14-8-22(2)27(18-28)20-40(6)35(45)47-36(3,4)5)24-9-11-26(12-10-24)31(33(42)43)38-29-15-13-25-16-17-37-32(41)30(25)19-29/h8-19,23,31,38H,7,20-21H2,1-6H3,(H,37,41)(H,39,44)(H,42,43)/t23-,31?/m0/s1. The molecule has 0 spiro atoms. The Labute approximate surface area is 273 Å². The van der Waals surface area contributed by atoms with Crippen molar-refractivity contribution in [3.63, 3.8) is 0 Å². The first kappa shape index (κ1) is 34.6. The number of ether oxygens (including phenoxy) is 2. The molecule has 0 aliphatic heterocycles. The number of pyridine rings is 1. The molecule has 11 heteroatoms. The average Bonchev–Trinajstić information content (AvgIpc) is 3.01. The van der Waals surface area contributed by atoms with Crippen molar-refractivity contribution >= 4 is 40.3 Å². The molecule has 2 atom stereocenters. The molecule has 1 aromatic heterocycles. The number of rotatable bonds is 11. The van der Waals surface area contributed by atoms with Gasteiger partial charge in [0, 0.05) is 42.5 Å². The molecule has 1 heterocycles. The number of carbonyl (C=O) groups excluding carboxylic acids is 2. The molecule has 4 aromatic rings. The molecule has 47 heavy (non-hydrogen) atoms. The van der Waals surface area contributed by atoms with Crippen molar-refractivity contribution in [1.29, 1.82) is 0 Å². The highest BCUT2D eigenvalue weighted by molar-refractivity contribution is 5.87. The lowest BCUT2D eigenvalue weighted by Crippen LogP contribution is -2.34. The smallest absolute Gasteiger partial charge is 0.411 e. The van der Waals surface area contributed by atoms with Crippen molar-refractivity contribution in [2.24, 2.45) is 0 Å². The van der Waals surface area contributed by atoms with Gasteiger partial charge < -0.3 is 29.8 Å². The molecule has 2 amide bonds. The number of carboxylic acid groups (broad SMARTS) is 1. The zero-order valence-electron chi connectivity index (χ0n) is 27.5. The summed E-state index contributed by atoms with van der Waals surface area (Å²) in [6.45, 7) is 9.77. The summed E-state index contributed by atoms with van der Waals surface area (Å²) in [5.74, 6) is -1.18. The lowest BCUT2D eigenvalue weighted by Gasteiger charge is -2.25. The highest BCUT2D eigenvalue weighted by atomic mass is 16.6. The molecule has 248 valence electrons. The third-order valence-electron chi connectivity index (χ3n) is 7.69. The monoisotopic (exact) mass is 642 g/mol. The maximum Gasteiger partial charge on any atom is 0.411 e. The van der Waals surface area contributed by atoms with Crippen LogP contribution in [0.2, 0.25) is 0 Å². The number of aromatic amines is 1. The summed E-state index contributed by atoms with van der Waals surface area (Å²) in [5.41, 5.74) is 3.42. The van der Waals surface area contributed by atoms with E-state index in [1.807, 2.05) is 52.8 Å². The van der Waals surface area contributed by atoms with Gasteiger partial charge in [0.25, 0.3) is 5.56 Å². The summed E-state index contributed by atoms with van der Waals surface area (Å²) in [4.78, 5) is 53.6. The Morgan fingerprint density at radius 2 is 1.64 bits per heavy atom. The fourth-order valence-corrected chi connectivity index (χ4v) is 5.05. The first-order valence-corrected chi connectivity index (χ1v) is 15.4. The molecule has 0 saturated carbocycles. The van der Waals surface area contributed by atoms with Crippen LogP contribution in [0, 0.1) is 6.92 Å². The van der Waals surface area contributed by atoms with Crippen molar-refractivity contribution in [2.45, 2.75) is 65.1 Å². The third-order valence-corrected chi connectivity index (χ3v) is 7.69. The molecule has 4 rings (SSSR count). The number of H-pyrrole nitrogens is 1. The number of anilines is 2. The van der Waals surface area contributed by atoms with Crippen LogP contribution in [0.4, 0.5) is 21.0 Å². The van der Waals surface area contributed by atoms with Gasteiger partial charge in [0.2, 0.25) is 0 Å². The van der Waals surface area contributed by atoms with Crippen LogP contribution in [0.25, 0.3) is 10.8 Å². The third kappa shape index (κ3) is 9.35. The first-order valence-electron chi connectivity index (χ1n) is 15.4.